The predicted molar refractivity (Wildman–Crippen MR) is 99.6 cm³/mol. The maximum atomic E-state index is 12.9. The first kappa shape index (κ1) is 15.9. The van der Waals surface area contributed by atoms with Gasteiger partial charge in [-0.15, -0.1) is 0 Å². The van der Waals surface area contributed by atoms with E-state index in [0.717, 1.165) is 17.8 Å². The Morgan fingerprint density at radius 2 is 1.71 bits per heavy atom. The molecule has 0 bridgehead atoms. The monoisotopic (exact) mass is 316 g/mol. The molecule has 3 nitrogen and oxygen atoms in total. The summed E-state index contributed by atoms with van der Waals surface area (Å²) in [5.41, 5.74) is 2.28. The Balaban J connectivity index is 1.91. The second-order valence-electron chi connectivity index (χ2n) is 5.85. The van der Waals surface area contributed by atoms with Gasteiger partial charge < -0.3 is 5.32 Å². The van der Waals surface area contributed by atoms with Gasteiger partial charge in [-0.1, -0.05) is 61.5 Å². The number of carbonyl (C=O) groups excluding carboxylic acids is 1. The van der Waals surface area contributed by atoms with Crippen LogP contribution in [0, 0.1) is 5.92 Å². The molecule has 2 aromatic rings. The van der Waals surface area contributed by atoms with Gasteiger partial charge in [-0.3, -0.25) is 4.79 Å². The van der Waals surface area contributed by atoms with Crippen molar-refractivity contribution in [3.8, 4) is 0 Å². The van der Waals surface area contributed by atoms with E-state index in [1.165, 1.54) is 0 Å². The van der Waals surface area contributed by atoms with Crippen LogP contribution in [0.15, 0.2) is 89.5 Å². The van der Waals surface area contributed by atoms with Crippen LogP contribution in [0.5, 0.6) is 0 Å². The van der Waals surface area contributed by atoms with Gasteiger partial charge >= 0.3 is 0 Å². The predicted octanol–water partition coefficient (Wildman–Crippen LogP) is 4.92. The number of anilines is 1. The second kappa shape index (κ2) is 7.55. The Kier molecular flexibility index (Phi) is 5.02. The number of allylic oxidation sites excluding steroid dienone is 3. The maximum Gasteiger partial charge on any atom is 0.227 e. The van der Waals surface area contributed by atoms with Gasteiger partial charge in [-0.05, 0) is 36.6 Å². The minimum Gasteiger partial charge on any atom is -0.337 e. The van der Waals surface area contributed by atoms with Crippen LogP contribution in [0.2, 0.25) is 0 Å². The fourth-order valence-electron chi connectivity index (χ4n) is 2.46. The Morgan fingerprint density at radius 3 is 2.33 bits per heavy atom. The number of nitrogens with zero attached hydrogens (tertiary/aromatic N) is 1. The molecule has 1 unspecified atom stereocenters. The van der Waals surface area contributed by atoms with Crippen molar-refractivity contribution in [3.63, 3.8) is 0 Å². The summed E-state index contributed by atoms with van der Waals surface area (Å²) in [5.74, 6) is 0.710. The number of benzene rings is 2. The molecule has 1 N–H and O–H groups in total. The first-order valence-corrected chi connectivity index (χ1v) is 8.11. The van der Waals surface area contributed by atoms with Crippen molar-refractivity contribution in [1.82, 2.24) is 0 Å². The molecular weight excluding hydrogens is 296 g/mol. The normalized spacial score (nSPS) is 17.3. The quantitative estimate of drug-likeness (QED) is 0.642. The molecule has 1 aliphatic rings. The van der Waals surface area contributed by atoms with Gasteiger partial charge in [0.25, 0.3) is 0 Å². The zero-order valence-corrected chi connectivity index (χ0v) is 13.6. The van der Waals surface area contributed by atoms with E-state index in [1.54, 1.807) is 0 Å². The number of hydrogen-bond acceptors (Lipinski definition) is 2. The number of nitrogens with one attached hydrogen (secondary N) is 1. The molecule has 0 fully saturated rings. The lowest BCUT2D eigenvalue weighted by molar-refractivity contribution is -0.109. The second-order valence-corrected chi connectivity index (χ2v) is 5.85. The average Bonchev–Trinajstić information content (AvgIpc) is 2.63. The fraction of sp³-hybridized carbons (Fsp3) is 0.143. The van der Waals surface area contributed by atoms with Crippen molar-refractivity contribution in [2.45, 2.75) is 13.3 Å². The number of Topliss-reactive ketones (excluding diaryl/α,β-unsaturated/α-hetero) is 1. The Morgan fingerprint density at radius 1 is 1.04 bits per heavy atom. The van der Waals surface area contributed by atoms with E-state index in [2.05, 4.69) is 23.3 Å². The molecular formula is C21H20N2O. The van der Waals surface area contributed by atoms with Crippen LogP contribution >= 0.6 is 0 Å². The molecule has 24 heavy (non-hydrogen) atoms. The molecule has 3 rings (SSSR count). The fourth-order valence-corrected chi connectivity index (χ4v) is 2.46. The van der Waals surface area contributed by atoms with E-state index in [1.807, 2.05) is 72.8 Å². The van der Waals surface area contributed by atoms with Crippen LogP contribution < -0.4 is 5.32 Å². The molecule has 0 aromatic heterocycles. The van der Waals surface area contributed by atoms with Gasteiger partial charge in [0.1, 0.15) is 0 Å². The molecule has 120 valence electrons. The van der Waals surface area contributed by atoms with E-state index in [4.69, 9.17) is 0 Å². The molecule has 2 aromatic carbocycles. The first-order chi connectivity index (χ1) is 11.7. The lowest BCUT2D eigenvalue weighted by Crippen LogP contribution is -2.25. The summed E-state index contributed by atoms with van der Waals surface area (Å²) in [6.07, 6.45) is 6.82. The number of carbonyl (C=O) groups is 1. The van der Waals surface area contributed by atoms with Gasteiger partial charge in [0.15, 0.2) is 5.84 Å². The Hall–Kier alpha value is -2.94. The topological polar surface area (TPSA) is 41.5 Å². The van der Waals surface area contributed by atoms with Gasteiger partial charge in [-0.2, -0.15) is 0 Å². The molecule has 0 heterocycles. The SMILES string of the molecule is CC1C=CC(C(=O)C(=Nc2ccccc2)Nc2ccccc2)=CC1. The minimum atomic E-state index is -0.0918. The average molecular weight is 316 g/mol. The molecule has 0 saturated heterocycles. The number of amidine groups is 1. The van der Waals surface area contributed by atoms with E-state index in [9.17, 15) is 4.79 Å². The van der Waals surface area contributed by atoms with Crippen molar-refractivity contribution < 1.29 is 4.79 Å². The molecule has 0 aliphatic heterocycles. The van der Waals surface area contributed by atoms with Crippen LogP contribution in [0.3, 0.4) is 0 Å². The maximum absolute atomic E-state index is 12.9. The summed E-state index contributed by atoms with van der Waals surface area (Å²) in [6, 6.07) is 19.1. The highest BCUT2D eigenvalue weighted by atomic mass is 16.1. The number of rotatable bonds is 4. The molecule has 0 saturated carbocycles. The molecule has 0 radical (unpaired) electrons. The van der Waals surface area contributed by atoms with E-state index >= 15 is 0 Å². The van der Waals surface area contributed by atoms with Crippen LogP contribution in [-0.4, -0.2) is 11.6 Å². The van der Waals surface area contributed by atoms with Crippen LogP contribution in [0.25, 0.3) is 0 Å². The van der Waals surface area contributed by atoms with Crippen molar-refractivity contribution in [3.05, 3.63) is 84.5 Å². The molecule has 3 heteroatoms. The van der Waals surface area contributed by atoms with Crippen molar-refractivity contribution in [2.24, 2.45) is 10.9 Å². The van der Waals surface area contributed by atoms with Crippen LogP contribution in [0.4, 0.5) is 11.4 Å². The number of para-hydroxylation sites is 2. The van der Waals surface area contributed by atoms with E-state index in [0.29, 0.717) is 17.3 Å². The van der Waals surface area contributed by atoms with Crippen LogP contribution in [0.1, 0.15) is 13.3 Å². The lowest BCUT2D eigenvalue weighted by atomic mass is 9.96. The highest BCUT2D eigenvalue weighted by molar-refractivity contribution is 6.49. The third-order valence-electron chi connectivity index (χ3n) is 3.82. The summed E-state index contributed by atoms with van der Waals surface area (Å²) in [4.78, 5) is 17.4. The third-order valence-corrected chi connectivity index (χ3v) is 3.82. The summed E-state index contributed by atoms with van der Waals surface area (Å²) in [6.45, 7) is 2.13. The largest absolute Gasteiger partial charge is 0.337 e. The summed E-state index contributed by atoms with van der Waals surface area (Å²) >= 11 is 0. The molecule has 1 aliphatic carbocycles. The van der Waals surface area contributed by atoms with Crippen molar-refractivity contribution >= 4 is 23.0 Å². The third kappa shape index (κ3) is 4.07. The van der Waals surface area contributed by atoms with Gasteiger partial charge in [0.05, 0.1) is 5.69 Å². The van der Waals surface area contributed by atoms with E-state index in [-0.39, 0.29) is 5.78 Å². The highest BCUT2D eigenvalue weighted by Gasteiger charge is 2.18. The Labute approximate surface area is 142 Å². The van der Waals surface area contributed by atoms with E-state index < -0.39 is 0 Å². The number of aliphatic imine (C=N–C) groups is 1. The summed E-state index contributed by atoms with van der Waals surface area (Å²) in [5, 5.41) is 3.16. The standard InChI is InChI=1S/C21H20N2O/c1-16-12-14-17(15-13-16)20(24)21(22-18-8-4-2-5-9-18)23-19-10-6-3-7-11-19/h2-12,14-16H,13H2,1H3,(H,22,23). The number of ketones is 1. The zero-order chi connectivity index (χ0) is 16.8. The lowest BCUT2D eigenvalue weighted by Gasteiger charge is -2.13. The highest BCUT2D eigenvalue weighted by Crippen LogP contribution is 2.19. The Bertz CT molecular complexity index is 789. The summed E-state index contributed by atoms with van der Waals surface area (Å²) < 4.78 is 0. The van der Waals surface area contributed by atoms with Gasteiger partial charge in [-0.25, -0.2) is 4.99 Å². The van der Waals surface area contributed by atoms with Crippen molar-refractivity contribution in [2.75, 3.05) is 5.32 Å². The number of hydrogen-bond donors (Lipinski definition) is 1. The summed E-state index contributed by atoms with van der Waals surface area (Å²) in [7, 11) is 0. The van der Waals surface area contributed by atoms with Gasteiger partial charge in [0.2, 0.25) is 5.78 Å². The minimum absolute atomic E-state index is 0.0918. The molecule has 0 amide bonds. The molecule has 1 atom stereocenters. The van der Waals surface area contributed by atoms with Crippen molar-refractivity contribution in [1.29, 1.82) is 0 Å². The van der Waals surface area contributed by atoms with Gasteiger partial charge in [0, 0.05) is 11.3 Å². The van der Waals surface area contributed by atoms with Crippen LogP contribution in [-0.2, 0) is 4.79 Å². The zero-order valence-electron chi connectivity index (χ0n) is 13.6. The first-order valence-electron chi connectivity index (χ1n) is 8.11. The smallest absolute Gasteiger partial charge is 0.227 e. The molecule has 0 spiro atoms.